The molecule has 2 aromatic carbocycles. The predicted molar refractivity (Wildman–Crippen MR) is 129 cm³/mol. The summed E-state index contributed by atoms with van der Waals surface area (Å²) in [4.78, 5) is 14.1. The van der Waals surface area contributed by atoms with Crippen LogP contribution in [0.3, 0.4) is 0 Å². The normalized spacial score (nSPS) is 17.4. The number of aromatic nitrogens is 1. The van der Waals surface area contributed by atoms with Gasteiger partial charge < -0.3 is 25.4 Å². The van der Waals surface area contributed by atoms with E-state index in [4.69, 9.17) is 10.5 Å². The Bertz CT molecular complexity index is 1250. The van der Waals surface area contributed by atoms with Crippen molar-refractivity contribution in [2.75, 3.05) is 13.1 Å². The van der Waals surface area contributed by atoms with E-state index in [0.717, 1.165) is 36.3 Å². The van der Waals surface area contributed by atoms with Crippen molar-refractivity contribution in [3.63, 3.8) is 0 Å². The van der Waals surface area contributed by atoms with Crippen molar-refractivity contribution in [2.45, 2.75) is 25.3 Å². The second kappa shape index (κ2) is 9.05. The molecule has 2 aliphatic heterocycles. The van der Waals surface area contributed by atoms with Crippen LogP contribution in [0.2, 0.25) is 0 Å². The number of ether oxygens (including phenoxy) is 1. The minimum atomic E-state index is -0.306. The molecule has 0 unspecified atom stereocenters. The lowest BCUT2D eigenvalue weighted by atomic mass is 9.89. The summed E-state index contributed by atoms with van der Waals surface area (Å²) in [6, 6.07) is 13.5. The maximum atomic E-state index is 13.1. The smallest absolute Gasteiger partial charge is 0.245 e. The Labute approximate surface area is 197 Å². The van der Waals surface area contributed by atoms with Crippen LogP contribution in [0.25, 0.3) is 5.69 Å². The van der Waals surface area contributed by atoms with Crippen LogP contribution in [-0.2, 0) is 11.3 Å². The predicted octanol–water partition coefficient (Wildman–Crippen LogP) is 4.02. The van der Waals surface area contributed by atoms with E-state index in [-0.39, 0.29) is 17.6 Å². The number of nitrogens with zero attached hydrogens (tertiary/aromatic N) is 3. The molecule has 1 amide bonds. The summed E-state index contributed by atoms with van der Waals surface area (Å²) in [6.45, 7) is 5.62. The van der Waals surface area contributed by atoms with Crippen molar-refractivity contribution in [3.8, 4) is 17.2 Å². The molecule has 0 bridgehead atoms. The van der Waals surface area contributed by atoms with Crippen molar-refractivity contribution in [1.82, 2.24) is 14.9 Å². The van der Waals surface area contributed by atoms with Gasteiger partial charge in [-0.25, -0.2) is 4.39 Å². The van der Waals surface area contributed by atoms with E-state index in [1.807, 2.05) is 29.2 Å². The van der Waals surface area contributed by atoms with Crippen LogP contribution in [0.4, 0.5) is 4.39 Å². The number of carbonyl (C=O) groups is 1. The molecule has 5 rings (SSSR count). The topological polar surface area (TPSA) is 84.9 Å². The number of hydrogen-bond donors (Lipinski definition) is 2. The van der Waals surface area contributed by atoms with Gasteiger partial charge in [-0.1, -0.05) is 6.58 Å². The molecule has 0 radical (unpaired) electrons. The lowest BCUT2D eigenvalue weighted by molar-refractivity contribution is -0.127. The van der Waals surface area contributed by atoms with E-state index >= 15 is 0 Å². The van der Waals surface area contributed by atoms with Crippen LogP contribution < -0.4 is 15.9 Å². The average molecular weight is 460 g/mol. The fourth-order valence-electron chi connectivity index (χ4n) is 4.71. The molecule has 0 saturated carbocycles. The van der Waals surface area contributed by atoms with Crippen LogP contribution in [0.1, 0.15) is 35.6 Å². The molecule has 2 aliphatic rings. The molecule has 3 N–H and O–H groups in total. The number of carbonyl (C=O) groups excluding carboxylic acids is 1. The van der Waals surface area contributed by atoms with Gasteiger partial charge in [0.2, 0.25) is 5.91 Å². The molecule has 1 atom stereocenters. The highest BCUT2D eigenvalue weighted by Crippen LogP contribution is 2.35. The second-order valence-electron chi connectivity index (χ2n) is 8.49. The molecule has 174 valence electrons. The number of rotatable bonds is 5. The van der Waals surface area contributed by atoms with Gasteiger partial charge in [-0.3, -0.25) is 4.79 Å². The fourth-order valence-corrected chi connectivity index (χ4v) is 4.71. The number of nitrogens with one attached hydrogen (secondary N) is 1. The molecule has 7 nitrogen and oxygen atoms in total. The number of likely N-dealkylation sites (tertiary alicyclic amines) is 1. The number of piperidine rings is 1. The molecular weight excluding hydrogens is 433 g/mol. The molecule has 3 heterocycles. The molecule has 8 heteroatoms. The van der Waals surface area contributed by atoms with E-state index in [1.54, 1.807) is 12.1 Å². The van der Waals surface area contributed by atoms with Crippen LogP contribution in [0.5, 0.6) is 11.5 Å². The first-order chi connectivity index (χ1) is 16.5. The number of fused-ring (bicyclic) bond motifs is 1. The third-order valence-electron chi connectivity index (χ3n) is 6.35. The van der Waals surface area contributed by atoms with Gasteiger partial charge in [-0.2, -0.15) is 5.10 Å². The van der Waals surface area contributed by atoms with Crippen molar-refractivity contribution < 1.29 is 13.9 Å². The van der Waals surface area contributed by atoms with E-state index < -0.39 is 0 Å². The summed E-state index contributed by atoms with van der Waals surface area (Å²) in [5.41, 5.74) is 13.4. The quantitative estimate of drug-likeness (QED) is 0.565. The Hall–Kier alpha value is -4.07. The van der Waals surface area contributed by atoms with Crippen LogP contribution in [0.15, 0.2) is 72.5 Å². The van der Waals surface area contributed by atoms with Gasteiger partial charge in [0.05, 0.1) is 12.2 Å². The van der Waals surface area contributed by atoms with E-state index in [9.17, 15) is 9.18 Å². The molecule has 1 saturated heterocycles. The molecule has 0 spiro atoms. The van der Waals surface area contributed by atoms with E-state index in [2.05, 4.69) is 27.9 Å². The van der Waals surface area contributed by atoms with Crippen LogP contribution in [-0.4, -0.2) is 34.3 Å². The van der Waals surface area contributed by atoms with Gasteiger partial charge in [-0.15, -0.1) is 0 Å². The van der Waals surface area contributed by atoms with Gasteiger partial charge in [0, 0.05) is 36.5 Å². The maximum Gasteiger partial charge on any atom is 0.245 e. The number of halogens is 1. The molecular formula is C26H26FN5O2. The first-order valence-corrected chi connectivity index (χ1v) is 11.3. The number of nitrogens with two attached hydrogens (primary N) is 1. The van der Waals surface area contributed by atoms with Crippen molar-refractivity contribution >= 4 is 11.7 Å². The second-order valence-corrected chi connectivity index (χ2v) is 8.49. The molecule has 0 aliphatic carbocycles. The molecule has 3 aromatic rings. The maximum absolute atomic E-state index is 13.1. The lowest BCUT2D eigenvalue weighted by Crippen LogP contribution is -2.38. The highest BCUT2D eigenvalue weighted by atomic mass is 19.1. The third kappa shape index (κ3) is 4.14. The van der Waals surface area contributed by atoms with Crippen LogP contribution >= 0.6 is 0 Å². The minimum absolute atomic E-state index is 0.0334. The summed E-state index contributed by atoms with van der Waals surface area (Å²) in [7, 11) is 0. The van der Waals surface area contributed by atoms with Gasteiger partial charge in [0.1, 0.15) is 17.3 Å². The van der Waals surface area contributed by atoms with Crippen molar-refractivity contribution in [3.05, 3.63) is 90.0 Å². The molecule has 1 fully saturated rings. The van der Waals surface area contributed by atoms with Crippen molar-refractivity contribution in [2.24, 2.45) is 10.8 Å². The third-order valence-corrected chi connectivity index (χ3v) is 6.35. The highest BCUT2D eigenvalue weighted by Gasteiger charge is 2.30. The Morgan fingerprint density at radius 2 is 1.88 bits per heavy atom. The van der Waals surface area contributed by atoms with Gasteiger partial charge >= 0.3 is 0 Å². The first kappa shape index (κ1) is 21.8. The number of hydrogen-bond acceptors (Lipinski definition) is 5. The number of amidine groups is 1. The summed E-state index contributed by atoms with van der Waals surface area (Å²) in [6.07, 6.45) is 5.43. The molecule has 1 aromatic heterocycles. The number of benzene rings is 2. The summed E-state index contributed by atoms with van der Waals surface area (Å²) < 4.78 is 21.0. The van der Waals surface area contributed by atoms with Gasteiger partial charge in [0.15, 0.2) is 5.84 Å². The highest BCUT2D eigenvalue weighted by molar-refractivity contribution is 5.99. The number of hydrazone groups is 1. The Kier molecular flexibility index (Phi) is 5.79. The van der Waals surface area contributed by atoms with Crippen LogP contribution in [0, 0.1) is 5.82 Å². The van der Waals surface area contributed by atoms with Crippen molar-refractivity contribution in [1.29, 1.82) is 0 Å². The zero-order chi connectivity index (χ0) is 23.7. The fraction of sp³-hybridized carbons (Fsp3) is 0.231. The largest absolute Gasteiger partial charge is 0.457 e. The zero-order valence-corrected chi connectivity index (χ0v) is 18.7. The van der Waals surface area contributed by atoms with E-state index in [1.165, 1.54) is 23.8 Å². The Balaban J connectivity index is 1.46. The average Bonchev–Trinajstić information content (AvgIpc) is 3.26. The minimum Gasteiger partial charge on any atom is -0.457 e. The summed E-state index contributed by atoms with van der Waals surface area (Å²) >= 11 is 0. The zero-order valence-electron chi connectivity index (χ0n) is 18.7. The first-order valence-electron chi connectivity index (χ1n) is 11.3. The summed E-state index contributed by atoms with van der Waals surface area (Å²) in [5.74, 6) is 1.50. The summed E-state index contributed by atoms with van der Waals surface area (Å²) in [5, 5.41) is 4.24. The monoisotopic (exact) mass is 459 g/mol. The lowest BCUT2D eigenvalue weighted by Gasteiger charge is -2.32. The van der Waals surface area contributed by atoms with E-state index in [0.29, 0.717) is 30.4 Å². The Morgan fingerprint density at radius 3 is 2.59 bits per heavy atom. The standard InChI is InChI=1S/C26H26FN5O2/c1-2-24(33)31-13-3-4-17(15-31)23-16-32(25-22(23)14-29-30-26(25)28)19-7-11-21(12-8-19)34-20-9-5-18(27)6-10-20/h2,5-12,16-17,29H,1,3-4,13-15H2,(H2,28,30)/t17-/m0/s1. The number of amides is 1. The SMILES string of the molecule is C=CC(=O)N1CCC[C@H](c2cn(-c3ccc(Oc4ccc(F)cc4)cc3)c3c2CNN=C3N)C1. The van der Waals surface area contributed by atoms with Gasteiger partial charge in [0.25, 0.3) is 0 Å². The molecule has 34 heavy (non-hydrogen) atoms. The Morgan fingerprint density at radius 1 is 1.18 bits per heavy atom. The van der Waals surface area contributed by atoms with Gasteiger partial charge in [-0.05, 0) is 73.0 Å².